The molecule has 8 N–H and O–H groups in total. The maximum Gasteiger partial charge on any atom is 0.295 e. The zero-order valence-corrected chi connectivity index (χ0v) is 35.8. The lowest BCUT2D eigenvalue weighted by atomic mass is 10.1. The van der Waals surface area contributed by atoms with E-state index < -0.39 is 25.1 Å². The first kappa shape index (κ1) is 47.0. The summed E-state index contributed by atoms with van der Waals surface area (Å²) in [5.41, 5.74) is 3.25. The highest BCUT2D eigenvalue weighted by Crippen LogP contribution is 2.26. The Hall–Kier alpha value is -6.50. The Morgan fingerprint density at radius 1 is 0.516 bits per heavy atom. The lowest BCUT2D eigenvalue weighted by Crippen LogP contribution is -2.32. The Morgan fingerprint density at radius 2 is 1.00 bits per heavy atom. The average molecular weight is 915 g/mol. The van der Waals surface area contributed by atoms with Gasteiger partial charge in [-0.3, -0.25) is 9.11 Å². The minimum atomic E-state index is -4.76. The van der Waals surface area contributed by atoms with E-state index in [0.29, 0.717) is 23.4 Å². The van der Waals surface area contributed by atoms with Crippen LogP contribution in [0.4, 0.5) is 35.2 Å². The number of nitrogens with one attached hydrogen (secondary N) is 2. The number of aliphatic hydroxyl groups excluding tert-OH is 4. The molecule has 2 heterocycles. The summed E-state index contributed by atoms with van der Waals surface area (Å²) in [6.07, 6.45) is 3.60. The van der Waals surface area contributed by atoms with Crippen molar-refractivity contribution in [1.29, 1.82) is 0 Å². The summed E-state index contributed by atoms with van der Waals surface area (Å²) in [6, 6.07) is 26.3. The van der Waals surface area contributed by atoms with Crippen molar-refractivity contribution in [2.45, 2.75) is 22.6 Å². The minimum Gasteiger partial charge on any atom is -0.395 e. The van der Waals surface area contributed by atoms with Crippen LogP contribution < -0.4 is 20.4 Å². The molecule has 6 rings (SSSR count). The van der Waals surface area contributed by atoms with Crippen LogP contribution in [0.25, 0.3) is 12.2 Å². The van der Waals surface area contributed by atoms with Crippen molar-refractivity contribution in [2.24, 2.45) is 0 Å². The van der Waals surface area contributed by atoms with E-state index >= 15 is 0 Å². The highest BCUT2D eigenvalue weighted by Gasteiger charge is 2.19. The van der Waals surface area contributed by atoms with Gasteiger partial charge in [0.2, 0.25) is 23.8 Å². The van der Waals surface area contributed by atoms with Crippen LogP contribution in [0.3, 0.4) is 0 Å². The summed E-state index contributed by atoms with van der Waals surface area (Å²) in [5, 5.41) is 44.7. The second kappa shape index (κ2) is 21.7. The molecule has 0 aliphatic carbocycles. The number of hydrogen-bond donors (Lipinski definition) is 8. The molecule has 4 aromatic carbocycles. The molecule has 0 saturated heterocycles. The third-order valence-corrected chi connectivity index (χ3v) is 11.1. The Balaban J connectivity index is 1.23. The fourth-order valence-electron chi connectivity index (χ4n) is 6.30. The third kappa shape index (κ3) is 13.3. The summed E-state index contributed by atoms with van der Waals surface area (Å²) in [7, 11) is -9.17. The smallest absolute Gasteiger partial charge is 0.295 e. The van der Waals surface area contributed by atoms with Gasteiger partial charge in [-0.05, 0) is 58.7 Å². The van der Waals surface area contributed by atoms with Crippen molar-refractivity contribution >= 4 is 67.6 Å². The fourth-order valence-corrected chi connectivity index (χ4v) is 7.49. The van der Waals surface area contributed by atoms with E-state index in [1.54, 1.807) is 17.0 Å². The van der Waals surface area contributed by atoms with Gasteiger partial charge in [0.25, 0.3) is 20.2 Å². The molecule has 0 saturated carbocycles. The van der Waals surface area contributed by atoms with Gasteiger partial charge in [-0.2, -0.15) is 46.7 Å². The van der Waals surface area contributed by atoms with Crippen molar-refractivity contribution in [2.75, 3.05) is 73.0 Å². The number of aliphatic hydroxyl groups is 4. The molecule has 20 nitrogen and oxygen atoms in total. The van der Waals surface area contributed by atoms with Gasteiger partial charge in [-0.15, -0.1) is 0 Å². The molecule has 0 spiro atoms. The summed E-state index contributed by atoms with van der Waals surface area (Å²) in [5.74, 6) is 1.25. The summed E-state index contributed by atoms with van der Waals surface area (Å²) < 4.78 is 68.0. The molecule has 336 valence electrons. The van der Waals surface area contributed by atoms with E-state index in [4.69, 9.17) is 0 Å². The Labute approximate surface area is 369 Å². The number of aromatic nitrogens is 6. The van der Waals surface area contributed by atoms with Crippen molar-refractivity contribution in [3.05, 3.63) is 131 Å². The second-order valence-corrected chi connectivity index (χ2v) is 16.8. The Kier molecular flexibility index (Phi) is 16.0. The van der Waals surface area contributed by atoms with Crippen LogP contribution in [-0.2, 0) is 33.1 Å². The van der Waals surface area contributed by atoms with Crippen LogP contribution in [0.15, 0.2) is 107 Å². The quantitative estimate of drug-likeness (QED) is 0.0359. The van der Waals surface area contributed by atoms with Crippen LogP contribution in [0.1, 0.15) is 33.9 Å². The van der Waals surface area contributed by atoms with E-state index in [0.717, 1.165) is 11.3 Å². The summed E-state index contributed by atoms with van der Waals surface area (Å²) >= 11 is 0. The molecule has 0 unspecified atom stereocenters. The summed E-state index contributed by atoms with van der Waals surface area (Å²) in [6.45, 7) is -0.379. The number of hydrogen-bond acceptors (Lipinski definition) is 18. The lowest BCUT2D eigenvalue weighted by molar-refractivity contribution is 0.279. The number of benzene rings is 4. The van der Waals surface area contributed by atoms with Gasteiger partial charge in [0.15, 0.2) is 0 Å². The van der Waals surface area contributed by atoms with Crippen LogP contribution >= 0.6 is 0 Å². The van der Waals surface area contributed by atoms with E-state index in [-0.39, 0.29) is 105 Å². The predicted octanol–water partition coefficient (Wildman–Crippen LogP) is 2.97. The predicted molar refractivity (Wildman–Crippen MR) is 239 cm³/mol. The van der Waals surface area contributed by atoms with Crippen molar-refractivity contribution in [1.82, 2.24) is 29.9 Å². The van der Waals surface area contributed by atoms with Crippen LogP contribution in [-0.4, -0.2) is 129 Å². The molecule has 64 heavy (non-hydrogen) atoms. The highest BCUT2D eigenvalue weighted by atomic mass is 32.2. The zero-order chi connectivity index (χ0) is 45.7. The first-order valence-corrected chi connectivity index (χ1v) is 22.6. The van der Waals surface area contributed by atoms with Gasteiger partial charge >= 0.3 is 0 Å². The van der Waals surface area contributed by atoms with Gasteiger partial charge in [0.1, 0.15) is 16.5 Å². The normalized spacial score (nSPS) is 11.8. The minimum absolute atomic E-state index is 0.0372. The monoisotopic (exact) mass is 914 g/mol. The van der Waals surface area contributed by atoms with Gasteiger partial charge in [0.05, 0.1) is 31.3 Å². The number of anilines is 6. The highest BCUT2D eigenvalue weighted by molar-refractivity contribution is 7.86. The topological polar surface area (TPSA) is 298 Å². The summed E-state index contributed by atoms with van der Waals surface area (Å²) in [4.78, 5) is 29.6. The van der Waals surface area contributed by atoms with Gasteiger partial charge < -0.3 is 40.9 Å². The van der Waals surface area contributed by atoms with E-state index in [9.17, 15) is 46.4 Å². The van der Waals surface area contributed by atoms with Crippen molar-refractivity contribution in [3.63, 3.8) is 0 Å². The lowest BCUT2D eigenvalue weighted by Gasteiger charge is -2.21. The first-order valence-electron chi connectivity index (χ1n) is 19.7. The van der Waals surface area contributed by atoms with Crippen molar-refractivity contribution in [3.8, 4) is 0 Å². The first-order chi connectivity index (χ1) is 30.7. The molecule has 0 amide bonds. The molecular weight excluding hydrogens is 869 g/mol. The van der Waals surface area contributed by atoms with Gasteiger partial charge in [-0.25, -0.2) is 0 Å². The molecule has 0 atom stereocenters. The van der Waals surface area contributed by atoms with E-state index in [1.807, 2.05) is 54.6 Å². The molecule has 0 fully saturated rings. The third-order valence-electron chi connectivity index (χ3n) is 9.34. The number of nitrogens with zero attached hydrogens (tertiary/aromatic N) is 8. The second-order valence-electron chi connectivity index (χ2n) is 14.0. The average Bonchev–Trinajstić information content (AvgIpc) is 3.26. The van der Waals surface area contributed by atoms with Crippen LogP contribution in [0.5, 0.6) is 0 Å². The maximum absolute atomic E-state index is 12.7. The standard InChI is InChI=1S/C42H46N10O10S2/c53-22-18-51(19-23-54)41-47-37(45-39(49-41)43-33-4-2-1-3-5-33)26-30-8-6-29(7-9-30)10-13-32-14-15-34(28-36(32)64(60,61)62)44-40-46-38(48-42(50-40)52(20-24-55)21-25-56)27-31-11-16-35(17-12-31)63(57,58)59/h1-17,28,53-56H,18-27H2,(H,57,58,59)(H,60,61,62)(H,43,45,47,49)(H,44,46,48,50)/b13-10+. The van der Waals surface area contributed by atoms with Crippen LogP contribution in [0, 0.1) is 0 Å². The van der Waals surface area contributed by atoms with Gasteiger partial charge in [-0.1, -0.05) is 72.8 Å². The van der Waals surface area contributed by atoms with E-state index in [2.05, 4.69) is 40.5 Å². The molecule has 0 aliphatic rings. The largest absolute Gasteiger partial charge is 0.395 e. The zero-order valence-electron chi connectivity index (χ0n) is 34.2. The Morgan fingerprint density at radius 3 is 1.47 bits per heavy atom. The molecule has 2 aromatic heterocycles. The van der Waals surface area contributed by atoms with E-state index in [1.165, 1.54) is 47.4 Å². The molecule has 0 radical (unpaired) electrons. The molecule has 6 aromatic rings. The number of para-hydroxylation sites is 1. The Bertz CT molecular complexity index is 2740. The van der Waals surface area contributed by atoms with Crippen molar-refractivity contribution < 1.29 is 46.4 Å². The van der Waals surface area contributed by atoms with Crippen LogP contribution in [0.2, 0.25) is 0 Å². The maximum atomic E-state index is 12.7. The fraction of sp³-hybridized carbons (Fsp3) is 0.238. The molecular formula is C42H46N10O10S2. The molecule has 0 bridgehead atoms. The van der Waals surface area contributed by atoms with Gasteiger partial charge in [0, 0.05) is 50.4 Å². The molecule has 22 heteroatoms. The SMILES string of the molecule is O=S(=O)(O)c1ccc(Cc2nc(Nc3ccc(/C=C/c4ccc(Cc5nc(Nc6ccccc6)nc(N(CCO)CCO)n5)cc4)c(S(=O)(=O)O)c3)nc(N(CCO)CCO)n2)cc1. The molecule has 0 aliphatic heterocycles. The number of rotatable bonds is 22.